The molecule has 6 heteroatoms. The molecule has 2 heterocycles. The second-order valence-electron chi connectivity index (χ2n) is 5.50. The average Bonchev–Trinajstić information content (AvgIpc) is 2.70. The third-order valence-corrected chi connectivity index (χ3v) is 3.82. The van der Waals surface area contributed by atoms with Gasteiger partial charge in [0.25, 0.3) is 5.69 Å². The highest BCUT2D eigenvalue weighted by Crippen LogP contribution is 2.24. The first-order chi connectivity index (χ1) is 10.1. The smallest absolute Gasteiger partial charge is 0.290 e. The molecule has 0 N–H and O–H groups in total. The SMILES string of the molecule is CCCOC1CCCN(c2cc(C)c([N+](=O)[O-])cn2)CC1. The number of rotatable bonds is 5. The molecule has 0 bridgehead atoms. The van der Waals surface area contributed by atoms with Crippen molar-refractivity contribution in [1.82, 2.24) is 4.98 Å². The van der Waals surface area contributed by atoms with E-state index in [1.54, 1.807) is 6.92 Å². The minimum atomic E-state index is -0.386. The second-order valence-corrected chi connectivity index (χ2v) is 5.50. The molecule has 0 amide bonds. The van der Waals surface area contributed by atoms with E-state index in [1.165, 1.54) is 6.20 Å². The van der Waals surface area contributed by atoms with Gasteiger partial charge in [-0.1, -0.05) is 6.92 Å². The lowest BCUT2D eigenvalue weighted by atomic mass is 10.2. The molecular weight excluding hydrogens is 270 g/mol. The third kappa shape index (κ3) is 4.14. The molecule has 116 valence electrons. The molecule has 1 aliphatic rings. The van der Waals surface area contributed by atoms with Gasteiger partial charge in [-0.25, -0.2) is 4.98 Å². The summed E-state index contributed by atoms with van der Waals surface area (Å²) in [5.41, 5.74) is 0.741. The number of hydrogen-bond acceptors (Lipinski definition) is 5. The van der Waals surface area contributed by atoms with Gasteiger partial charge in [0.15, 0.2) is 0 Å². The molecule has 1 fully saturated rings. The van der Waals surface area contributed by atoms with E-state index in [9.17, 15) is 10.1 Å². The predicted molar refractivity (Wildman–Crippen MR) is 81.7 cm³/mol. The van der Waals surface area contributed by atoms with E-state index in [4.69, 9.17) is 4.74 Å². The topological polar surface area (TPSA) is 68.5 Å². The van der Waals surface area contributed by atoms with Gasteiger partial charge in [-0.05, 0) is 38.7 Å². The van der Waals surface area contributed by atoms with Crippen LogP contribution in [0.15, 0.2) is 12.3 Å². The van der Waals surface area contributed by atoms with Crippen LogP contribution >= 0.6 is 0 Å². The Morgan fingerprint density at radius 3 is 2.95 bits per heavy atom. The first-order valence-corrected chi connectivity index (χ1v) is 7.59. The summed E-state index contributed by atoms with van der Waals surface area (Å²) in [4.78, 5) is 16.9. The summed E-state index contributed by atoms with van der Waals surface area (Å²) in [6.45, 7) is 6.51. The Kier molecular flexibility index (Phi) is 5.50. The molecule has 0 aromatic carbocycles. The molecule has 2 rings (SSSR count). The Morgan fingerprint density at radius 2 is 2.29 bits per heavy atom. The van der Waals surface area contributed by atoms with E-state index < -0.39 is 0 Å². The maximum Gasteiger partial charge on any atom is 0.290 e. The van der Waals surface area contributed by atoms with Crippen LogP contribution in [0.3, 0.4) is 0 Å². The van der Waals surface area contributed by atoms with Crippen molar-refractivity contribution < 1.29 is 9.66 Å². The van der Waals surface area contributed by atoms with Gasteiger partial charge in [0.1, 0.15) is 12.0 Å². The zero-order valence-corrected chi connectivity index (χ0v) is 12.7. The van der Waals surface area contributed by atoms with Crippen LogP contribution < -0.4 is 4.90 Å². The largest absolute Gasteiger partial charge is 0.378 e. The minimum Gasteiger partial charge on any atom is -0.378 e. The van der Waals surface area contributed by atoms with Gasteiger partial charge in [0.2, 0.25) is 0 Å². The van der Waals surface area contributed by atoms with Crippen molar-refractivity contribution in [2.24, 2.45) is 0 Å². The molecule has 0 saturated carbocycles. The van der Waals surface area contributed by atoms with Gasteiger partial charge in [0, 0.05) is 25.3 Å². The monoisotopic (exact) mass is 293 g/mol. The molecule has 1 atom stereocenters. The standard InChI is InChI=1S/C15H23N3O3/c1-3-9-21-13-5-4-7-17(8-6-13)15-10-12(2)14(11-16-15)18(19)20/h10-11,13H,3-9H2,1-2H3. The molecule has 1 aliphatic heterocycles. The maximum absolute atomic E-state index is 10.8. The van der Waals surface area contributed by atoms with Gasteiger partial charge in [0.05, 0.1) is 11.0 Å². The zero-order chi connectivity index (χ0) is 15.2. The van der Waals surface area contributed by atoms with Crippen molar-refractivity contribution >= 4 is 11.5 Å². The fourth-order valence-electron chi connectivity index (χ4n) is 2.64. The molecule has 0 radical (unpaired) electrons. The Labute approximate surface area is 125 Å². The molecular formula is C15H23N3O3. The Bertz CT molecular complexity index is 493. The van der Waals surface area contributed by atoms with E-state index in [1.807, 2.05) is 6.07 Å². The summed E-state index contributed by atoms with van der Waals surface area (Å²) in [7, 11) is 0. The van der Waals surface area contributed by atoms with Gasteiger partial charge in [-0.2, -0.15) is 0 Å². The van der Waals surface area contributed by atoms with Crippen LogP contribution in [0, 0.1) is 17.0 Å². The van der Waals surface area contributed by atoms with Crippen molar-refractivity contribution in [2.75, 3.05) is 24.6 Å². The second kappa shape index (κ2) is 7.36. The number of aromatic nitrogens is 1. The molecule has 1 aromatic rings. The summed E-state index contributed by atoms with van der Waals surface area (Å²) in [5, 5.41) is 10.8. The normalized spacial score (nSPS) is 19.3. The third-order valence-electron chi connectivity index (χ3n) is 3.82. The molecule has 6 nitrogen and oxygen atoms in total. The van der Waals surface area contributed by atoms with E-state index in [0.717, 1.165) is 51.2 Å². The highest BCUT2D eigenvalue weighted by Gasteiger charge is 2.20. The van der Waals surface area contributed by atoms with E-state index in [-0.39, 0.29) is 10.6 Å². The Morgan fingerprint density at radius 1 is 1.48 bits per heavy atom. The predicted octanol–water partition coefficient (Wildman–Crippen LogP) is 3.08. The number of nitrogens with zero attached hydrogens (tertiary/aromatic N) is 3. The van der Waals surface area contributed by atoms with Crippen molar-refractivity contribution in [1.29, 1.82) is 0 Å². The fourth-order valence-corrected chi connectivity index (χ4v) is 2.64. The van der Waals surface area contributed by atoms with Crippen LogP contribution in [-0.4, -0.2) is 35.7 Å². The van der Waals surface area contributed by atoms with Gasteiger partial charge >= 0.3 is 0 Å². The quantitative estimate of drug-likeness (QED) is 0.616. The molecule has 1 unspecified atom stereocenters. The lowest BCUT2D eigenvalue weighted by molar-refractivity contribution is -0.385. The average molecular weight is 293 g/mol. The van der Waals surface area contributed by atoms with Gasteiger partial charge < -0.3 is 9.64 Å². The first kappa shape index (κ1) is 15.7. The Balaban J connectivity index is 2.02. The van der Waals surface area contributed by atoms with E-state index in [0.29, 0.717) is 11.7 Å². The molecule has 0 aliphatic carbocycles. The highest BCUT2D eigenvalue weighted by atomic mass is 16.6. The van der Waals surface area contributed by atoms with Crippen LogP contribution in [0.25, 0.3) is 0 Å². The molecule has 1 aromatic heterocycles. The number of pyridine rings is 1. The van der Waals surface area contributed by atoms with Crippen LogP contribution in [-0.2, 0) is 4.74 Å². The van der Waals surface area contributed by atoms with Crippen LogP contribution in [0.1, 0.15) is 38.2 Å². The number of ether oxygens (including phenoxy) is 1. The number of nitro groups is 1. The molecule has 21 heavy (non-hydrogen) atoms. The van der Waals surface area contributed by atoms with E-state index >= 15 is 0 Å². The van der Waals surface area contributed by atoms with Crippen molar-refractivity contribution in [2.45, 2.75) is 45.6 Å². The van der Waals surface area contributed by atoms with E-state index in [2.05, 4.69) is 16.8 Å². The summed E-state index contributed by atoms with van der Waals surface area (Å²) in [6.07, 6.45) is 5.85. The Hall–Kier alpha value is -1.69. The zero-order valence-electron chi connectivity index (χ0n) is 12.7. The fraction of sp³-hybridized carbons (Fsp3) is 0.667. The van der Waals surface area contributed by atoms with Crippen LogP contribution in [0.5, 0.6) is 0 Å². The lowest BCUT2D eigenvalue weighted by Crippen LogP contribution is -2.26. The van der Waals surface area contributed by atoms with Gasteiger partial charge in [-0.3, -0.25) is 10.1 Å². The number of hydrogen-bond donors (Lipinski definition) is 0. The number of anilines is 1. The van der Waals surface area contributed by atoms with Gasteiger partial charge in [-0.15, -0.1) is 0 Å². The van der Waals surface area contributed by atoms with Crippen molar-refractivity contribution in [3.8, 4) is 0 Å². The van der Waals surface area contributed by atoms with Crippen molar-refractivity contribution in [3.05, 3.63) is 27.9 Å². The summed E-state index contributed by atoms with van der Waals surface area (Å²) in [6, 6.07) is 1.81. The minimum absolute atomic E-state index is 0.0812. The summed E-state index contributed by atoms with van der Waals surface area (Å²) in [5.74, 6) is 0.828. The summed E-state index contributed by atoms with van der Waals surface area (Å²) < 4.78 is 5.83. The highest BCUT2D eigenvalue weighted by molar-refractivity contribution is 5.48. The van der Waals surface area contributed by atoms with Crippen LogP contribution in [0.2, 0.25) is 0 Å². The molecule has 0 spiro atoms. The maximum atomic E-state index is 10.8. The molecule has 1 saturated heterocycles. The first-order valence-electron chi connectivity index (χ1n) is 7.59. The van der Waals surface area contributed by atoms with Crippen molar-refractivity contribution in [3.63, 3.8) is 0 Å². The van der Waals surface area contributed by atoms with Crippen LogP contribution in [0.4, 0.5) is 11.5 Å². The summed E-state index contributed by atoms with van der Waals surface area (Å²) >= 11 is 0. The number of aryl methyl sites for hydroxylation is 1. The lowest BCUT2D eigenvalue weighted by Gasteiger charge is -2.22.